The van der Waals surface area contributed by atoms with Crippen LogP contribution in [0.25, 0.3) is 0 Å². The zero-order valence-corrected chi connectivity index (χ0v) is 12.3. The number of hydrogen-bond acceptors (Lipinski definition) is 4. The third kappa shape index (κ3) is 4.89. The Balaban J connectivity index is 2.68. The Labute approximate surface area is 119 Å². The lowest BCUT2D eigenvalue weighted by molar-refractivity contribution is -0.121. The molecule has 0 saturated carbocycles. The first-order valence-corrected chi connectivity index (χ1v) is 6.39. The van der Waals surface area contributed by atoms with Crippen LogP contribution in [-0.2, 0) is 4.79 Å². The Kier molecular flexibility index (Phi) is 5.10. The smallest absolute Gasteiger partial charge is 0.253 e. The van der Waals surface area contributed by atoms with Crippen LogP contribution in [0.15, 0.2) is 18.2 Å². The lowest BCUT2D eigenvalue weighted by atomic mass is 10.1. The van der Waals surface area contributed by atoms with Gasteiger partial charge in [-0.1, -0.05) is 11.6 Å². The van der Waals surface area contributed by atoms with E-state index in [1.807, 2.05) is 33.8 Å². The average Bonchev–Trinajstić information content (AvgIpc) is 2.33. The Morgan fingerprint density at radius 3 is 2.45 bits per heavy atom. The van der Waals surface area contributed by atoms with Crippen molar-refractivity contribution < 1.29 is 9.59 Å². The molecule has 20 heavy (non-hydrogen) atoms. The molecule has 0 heterocycles. The molecule has 0 bridgehead atoms. The van der Waals surface area contributed by atoms with Gasteiger partial charge >= 0.3 is 0 Å². The number of carbonyl (C=O) groups is 2. The largest absolute Gasteiger partial charge is 0.350 e. The first-order valence-electron chi connectivity index (χ1n) is 6.39. The van der Waals surface area contributed by atoms with Crippen molar-refractivity contribution in [2.45, 2.75) is 33.2 Å². The first-order chi connectivity index (χ1) is 9.23. The summed E-state index contributed by atoms with van der Waals surface area (Å²) in [5.41, 5.74) is 4.01. The molecule has 110 valence electrons. The molecule has 0 aliphatic rings. The topological polar surface area (TPSA) is 96.2 Å². The summed E-state index contributed by atoms with van der Waals surface area (Å²) in [7, 11) is 0. The minimum atomic E-state index is -0.342. The second kappa shape index (κ2) is 6.38. The standard InChI is InChI=1S/C14H22N4O2/c1-9-5-6-11(18-15)10(7-9)13(20)16-8-12(19)17-14(2,3)4/h5-7,18H,8,15H2,1-4H3,(H,16,20)(H,17,19). The summed E-state index contributed by atoms with van der Waals surface area (Å²) in [5.74, 6) is 4.79. The normalized spacial score (nSPS) is 10.8. The Bertz CT molecular complexity index is 506. The number of benzene rings is 1. The van der Waals surface area contributed by atoms with E-state index in [4.69, 9.17) is 5.84 Å². The molecule has 6 nitrogen and oxygen atoms in total. The Morgan fingerprint density at radius 2 is 1.90 bits per heavy atom. The van der Waals surface area contributed by atoms with Crippen molar-refractivity contribution >= 4 is 17.5 Å². The van der Waals surface area contributed by atoms with E-state index in [1.165, 1.54) is 0 Å². The number of aryl methyl sites for hydroxylation is 1. The molecule has 0 aliphatic carbocycles. The molecule has 1 rings (SSSR count). The van der Waals surface area contributed by atoms with Crippen LogP contribution >= 0.6 is 0 Å². The van der Waals surface area contributed by atoms with E-state index in [0.29, 0.717) is 11.3 Å². The number of anilines is 1. The number of amides is 2. The van der Waals surface area contributed by atoms with Gasteiger partial charge in [-0.2, -0.15) is 0 Å². The lowest BCUT2D eigenvalue weighted by Gasteiger charge is -2.20. The van der Waals surface area contributed by atoms with Gasteiger partial charge in [-0.15, -0.1) is 0 Å². The predicted octanol–water partition coefficient (Wildman–Crippen LogP) is 0.925. The summed E-state index contributed by atoms with van der Waals surface area (Å²) in [6.45, 7) is 7.44. The molecule has 0 atom stereocenters. The fraction of sp³-hybridized carbons (Fsp3) is 0.429. The summed E-state index contributed by atoms with van der Waals surface area (Å²) < 4.78 is 0. The predicted molar refractivity (Wildman–Crippen MR) is 79.2 cm³/mol. The van der Waals surface area contributed by atoms with E-state index in [-0.39, 0.29) is 23.9 Å². The number of rotatable bonds is 4. The van der Waals surface area contributed by atoms with Gasteiger partial charge in [0.05, 0.1) is 17.8 Å². The third-order valence-electron chi connectivity index (χ3n) is 2.50. The molecule has 0 fully saturated rings. The molecule has 6 heteroatoms. The molecule has 0 radical (unpaired) electrons. The second-order valence-corrected chi connectivity index (χ2v) is 5.67. The van der Waals surface area contributed by atoms with E-state index in [1.54, 1.807) is 12.1 Å². The highest BCUT2D eigenvalue weighted by atomic mass is 16.2. The minimum Gasteiger partial charge on any atom is -0.350 e. The maximum atomic E-state index is 12.1. The van der Waals surface area contributed by atoms with E-state index in [0.717, 1.165) is 5.56 Å². The number of nitrogens with two attached hydrogens (primary N) is 1. The summed E-state index contributed by atoms with van der Waals surface area (Å²) in [4.78, 5) is 23.7. The van der Waals surface area contributed by atoms with Crippen LogP contribution in [0.1, 0.15) is 36.7 Å². The summed E-state index contributed by atoms with van der Waals surface area (Å²) in [5, 5.41) is 5.35. The van der Waals surface area contributed by atoms with Crippen molar-refractivity contribution in [1.29, 1.82) is 0 Å². The molecule has 0 aliphatic heterocycles. The van der Waals surface area contributed by atoms with Crippen molar-refractivity contribution in [3.63, 3.8) is 0 Å². The van der Waals surface area contributed by atoms with Crippen LogP contribution in [0.5, 0.6) is 0 Å². The van der Waals surface area contributed by atoms with Gasteiger partial charge in [-0.25, -0.2) is 0 Å². The fourth-order valence-electron chi connectivity index (χ4n) is 1.69. The first kappa shape index (κ1) is 16.0. The number of nitrogens with one attached hydrogen (secondary N) is 3. The molecule has 0 aromatic heterocycles. The maximum absolute atomic E-state index is 12.1. The van der Waals surface area contributed by atoms with Crippen molar-refractivity contribution in [2.75, 3.05) is 12.0 Å². The lowest BCUT2D eigenvalue weighted by Crippen LogP contribution is -2.45. The third-order valence-corrected chi connectivity index (χ3v) is 2.50. The van der Waals surface area contributed by atoms with E-state index < -0.39 is 0 Å². The minimum absolute atomic E-state index is 0.0753. The van der Waals surface area contributed by atoms with Crippen LogP contribution in [0, 0.1) is 6.92 Å². The molecule has 0 saturated heterocycles. The van der Waals surface area contributed by atoms with E-state index >= 15 is 0 Å². The van der Waals surface area contributed by atoms with Crippen molar-refractivity contribution in [1.82, 2.24) is 10.6 Å². The van der Waals surface area contributed by atoms with Crippen LogP contribution in [0.4, 0.5) is 5.69 Å². The molecule has 0 spiro atoms. The monoisotopic (exact) mass is 278 g/mol. The molecule has 1 aromatic rings. The second-order valence-electron chi connectivity index (χ2n) is 5.67. The molecular weight excluding hydrogens is 256 g/mol. The van der Waals surface area contributed by atoms with Gasteiger partial charge in [0.15, 0.2) is 0 Å². The van der Waals surface area contributed by atoms with Gasteiger partial charge in [0.1, 0.15) is 0 Å². The van der Waals surface area contributed by atoms with Crippen LogP contribution in [0.2, 0.25) is 0 Å². The average molecular weight is 278 g/mol. The highest BCUT2D eigenvalue weighted by Gasteiger charge is 2.16. The zero-order chi connectivity index (χ0) is 15.3. The van der Waals surface area contributed by atoms with E-state index in [9.17, 15) is 9.59 Å². The molecular formula is C14H22N4O2. The molecule has 5 N–H and O–H groups in total. The fourth-order valence-corrected chi connectivity index (χ4v) is 1.69. The maximum Gasteiger partial charge on any atom is 0.253 e. The SMILES string of the molecule is Cc1ccc(NN)c(C(=O)NCC(=O)NC(C)(C)C)c1. The number of nitrogen functional groups attached to an aromatic ring is 1. The summed E-state index contributed by atoms with van der Waals surface area (Å²) in [6.07, 6.45) is 0. The highest BCUT2D eigenvalue weighted by Crippen LogP contribution is 2.15. The van der Waals surface area contributed by atoms with Crippen LogP contribution in [0.3, 0.4) is 0 Å². The van der Waals surface area contributed by atoms with Crippen molar-refractivity contribution in [3.05, 3.63) is 29.3 Å². The Morgan fingerprint density at radius 1 is 1.25 bits per heavy atom. The summed E-state index contributed by atoms with van der Waals surface area (Å²) in [6, 6.07) is 5.28. The number of carbonyl (C=O) groups excluding carboxylic acids is 2. The Hall–Kier alpha value is -2.08. The number of hydrazine groups is 1. The molecule has 0 unspecified atom stereocenters. The van der Waals surface area contributed by atoms with Gasteiger partial charge in [-0.05, 0) is 39.8 Å². The quantitative estimate of drug-likeness (QED) is 0.486. The van der Waals surface area contributed by atoms with Gasteiger partial charge in [0, 0.05) is 5.54 Å². The van der Waals surface area contributed by atoms with Crippen LogP contribution in [-0.4, -0.2) is 23.9 Å². The molecule has 1 aromatic carbocycles. The van der Waals surface area contributed by atoms with Crippen molar-refractivity contribution in [2.24, 2.45) is 5.84 Å². The van der Waals surface area contributed by atoms with Gasteiger partial charge < -0.3 is 16.1 Å². The highest BCUT2D eigenvalue weighted by molar-refractivity contribution is 6.01. The van der Waals surface area contributed by atoms with Crippen molar-refractivity contribution in [3.8, 4) is 0 Å². The van der Waals surface area contributed by atoms with Gasteiger partial charge in [0.2, 0.25) is 5.91 Å². The summed E-state index contributed by atoms with van der Waals surface area (Å²) >= 11 is 0. The van der Waals surface area contributed by atoms with Gasteiger partial charge in [0.25, 0.3) is 5.91 Å². The molecule has 2 amide bonds. The zero-order valence-electron chi connectivity index (χ0n) is 12.3. The number of hydrogen-bond donors (Lipinski definition) is 4. The van der Waals surface area contributed by atoms with E-state index in [2.05, 4.69) is 16.1 Å². The van der Waals surface area contributed by atoms with Gasteiger partial charge in [-0.3, -0.25) is 15.4 Å². The van der Waals surface area contributed by atoms with Crippen LogP contribution < -0.4 is 21.9 Å².